The molecule has 1 fully saturated rings. The number of ketones is 1. The van der Waals surface area contributed by atoms with Crippen molar-refractivity contribution in [3.05, 3.63) is 71.3 Å². The molecule has 1 saturated heterocycles. The molecular formula is C21H23N5OS. The minimum atomic E-state index is 0.100. The van der Waals surface area contributed by atoms with E-state index in [1.54, 1.807) is 13.3 Å². The Kier molecular flexibility index (Phi) is 5.36. The van der Waals surface area contributed by atoms with Crippen LogP contribution in [-0.4, -0.2) is 51.2 Å². The summed E-state index contributed by atoms with van der Waals surface area (Å²) in [5, 5.41) is 4.48. The van der Waals surface area contributed by atoms with Gasteiger partial charge in [-0.3, -0.25) is 14.3 Å². The summed E-state index contributed by atoms with van der Waals surface area (Å²) >= 11 is 5.61. The number of para-hydroxylation sites is 1. The van der Waals surface area contributed by atoms with Gasteiger partial charge < -0.3 is 4.90 Å². The highest BCUT2D eigenvalue weighted by Gasteiger charge is 2.18. The minimum absolute atomic E-state index is 0.100. The summed E-state index contributed by atoms with van der Waals surface area (Å²) in [6, 6.07) is 17.9. The summed E-state index contributed by atoms with van der Waals surface area (Å²) in [4.78, 5) is 16.1. The Morgan fingerprint density at radius 2 is 1.64 bits per heavy atom. The maximum absolute atomic E-state index is 11.4. The number of aromatic nitrogens is 3. The molecule has 0 saturated carbocycles. The number of Topliss-reactive ketones (excluding diaryl/α,β-unsaturated/α-hetero) is 1. The van der Waals surface area contributed by atoms with Crippen LogP contribution in [-0.2, 0) is 6.67 Å². The second-order valence-electron chi connectivity index (χ2n) is 6.97. The van der Waals surface area contributed by atoms with Crippen LogP contribution in [0.4, 0.5) is 5.69 Å². The first-order chi connectivity index (χ1) is 13.6. The van der Waals surface area contributed by atoms with Gasteiger partial charge in [0.15, 0.2) is 5.78 Å². The Morgan fingerprint density at radius 1 is 0.964 bits per heavy atom. The zero-order valence-corrected chi connectivity index (χ0v) is 16.7. The van der Waals surface area contributed by atoms with E-state index in [2.05, 4.69) is 14.9 Å². The molecule has 0 bridgehead atoms. The number of benzene rings is 2. The zero-order chi connectivity index (χ0) is 19.5. The average molecular weight is 394 g/mol. The van der Waals surface area contributed by atoms with Gasteiger partial charge in [0.2, 0.25) is 4.77 Å². The molecule has 7 heteroatoms. The van der Waals surface area contributed by atoms with E-state index in [1.165, 1.54) is 0 Å². The van der Waals surface area contributed by atoms with E-state index in [0.29, 0.717) is 11.4 Å². The Balaban J connectivity index is 1.38. The first kappa shape index (κ1) is 18.6. The SMILES string of the molecule is CC(=O)c1ccc(N2CCN(Cn3ncn(-c4ccccc4)c3=S)CC2)cc1. The van der Waals surface area contributed by atoms with Crippen molar-refractivity contribution in [2.45, 2.75) is 13.6 Å². The van der Waals surface area contributed by atoms with Crippen LogP contribution in [0.3, 0.4) is 0 Å². The molecule has 1 aromatic heterocycles. The van der Waals surface area contributed by atoms with E-state index >= 15 is 0 Å². The number of carbonyl (C=O) groups is 1. The van der Waals surface area contributed by atoms with Gasteiger partial charge in [-0.15, -0.1) is 0 Å². The molecule has 2 heterocycles. The first-order valence-corrected chi connectivity index (χ1v) is 9.81. The lowest BCUT2D eigenvalue weighted by atomic mass is 10.1. The number of hydrogen-bond acceptors (Lipinski definition) is 5. The van der Waals surface area contributed by atoms with E-state index in [4.69, 9.17) is 12.2 Å². The van der Waals surface area contributed by atoms with Crippen molar-refractivity contribution in [3.8, 4) is 5.69 Å². The maximum atomic E-state index is 11.4. The van der Waals surface area contributed by atoms with Crippen LogP contribution < -0.4 is 4.90 Å². The molecule has 0 aliphatic carbocycles. The van der Waals surface area contributed by atoms with Crippen molar-refractivity contribution in [1.29, 1.82) is 0 Å². The standard InChI is InChI=1S/C21H23N5OS/c1-17(27)18-7-9-19(10-8-18)24-13-11-23(12-14-24)16-26-21(28)25(15-22-26)20-5-3-2-4-6-20/h2-10,15H,11-14,16H2,1H3. The molecule has 6 nitrogen and oxygen atoms in total. The number of piperazine rings is 1. The summed E-state index contributed by atoms with van der Waals surface area (Å²) in [6.45, 7) is 6.04. The highest BCUT2D eigenvalue weighted by Crippen LogP contribution is 2.18. The molecule has 28 heavy (non-hydrogen) atoms. The summed E-state index contributed by atoms with van der Waals surface area (Å²) in [7, 11) is 0. The van der Waals surface area contributed by atoms with Gasteiger partial charge in [0, 0.05) is 43.1 Å². The molecule has 1 aliphatic heterocycles. The summed E-state index contributed by atoms with van der Waals surface area (Å²) < 4.78 is 4.51. The Morgan fingerprint density at radius 3 is 2.29 bits per heavy atom. The minimum Gasteiger partial charge on any atom is -0.369 e. The van der Waals surface area contributed by atoms with Gasteiger partial charge in [-0.2, -0.15) is 5.10 Å². The normalized spacial score (nSPS) is 15.0. The molecule has 0 atom stereocenters. The molecule has 0 N–H and O–H groups in total. The van der Waals surface area contributed by atoms with Crippen LogP contribution in [0.5, 0.6) is 0 Å². The Labute approximate surface area is 169 Å². The number of anilines is 1. The van der Waals surface area contributed by atoms with Gasteiger partial charge in [0.05, 0.1) is 6.67 Å². The van der Waals surface area contributed by atoms with Crippen molar-refractivity contribution in [2.24, 2.45) is 0 Å². The molecule has 4 rings (SSSR count). The fourth-order valence-electron chi connectivity index (χ4n) is 3.44. The lowest BCUT2D eigenvalue weighted by molar-refractivity contribution is 0.101. The highest BCUT2D eigenvalue weighted by molar-refractivity contribution is 7.71. The molecule has 1 aliphatic rings. The van der Waals surface area contributed by atoms with Gasteiger partial charge in [0.1, 0.15) is 6.33 Å². The molecule has 0 unspecified atom stereocenters. The Bertz CT molecular complexity index is 1000. The van der Waals surface area contributed by atoms with Crippen molar-refractivity contribution in [1.82, 2.24) is 19.2 Å². The van der Waals surface area contributed by atoms with Crippen molar-refractivity contribution in [3.63, 3.8) is 0 Å². The van der Waals surface area contributed by atoms with Crippen LogP contribution in [0.1, 0.15) is 17.3 Å². The van der Waals surface area contributed by atoms with Crippen molar-refractivity contribution >= 4 is 23.7 Å². The largest absolute Gasteiger partial charge is 0.369 e. The van der Waals surface area contributed by atoms with E-state index in [1.807, 2.05) is 63.8 Å². The Hall–Kier alpha value is -2.77. The lowest BCUT2D eigenvalue weighted by Gasteiger charge is -2.35. The highest BCUT2D eigenvalue weighted by atomic mass is 32.1. The molecule has 0 spiro atoms. The van der Waals surface area contributed by atoms with Crippen molar-refractivity contribution < 1.29 is 4.79 Å². The summed E-state index contributed by atoms with van der Waals surface area (Å²) in [5.74, 6) is 0.100. The smallest absolute Gasteiger partial charge is 0.203 e. The predicted octanol–water partition coefficient (Wildman–Crippen LogP) is 3.39. The molecule has 0 radical (unpaired) electrons. The van der Waals surface area contributed by atoms with E-state index in [-0.39, 0.29) is 5.78 Å². The van der Waals surface area contributed by atoms with Crippen LogP contribution >= 0.6 is 12.2 Å². The van der Waals surface area contributed by atoms with Gasteiger partial charge >= 0.3 is 0 Å². The number of nitrogens with zero attached hydrogens (tertiary/aromatic N) is 5. The average Bonchev–Trinajstić information content (AvgIpc) is 3.09. The molecule has 0 amide bonds. The maximum Gasteiger partial charge on any atom is 0.203 e. The fraction of sp³-hybridized carbons (Fsp3) is 0.286. The third-order valence-corrected chi connectivity index (χ3v) is 5.52. The second-order valence-corrected chi connectivity index (χ2v) is 7.33. The van der Waals surface area contributed by atoms with Gasteiger partial charge in [-0.1, -0.05) is 18.2 Å². The van der Waals surface area contributed by atoms with Crippen LogP contribution in [0.2, 0.25) is 0 Å². The predicted molar refractivity (Wildman–Crippen MR) is 113 cm³/mol. The topological polar surface area (TPSA) is 46.3 Å². The third kappa shape index (κ3) is 3.90. The molecule has 2 aromatic carbocycles. The van der Waals surface area contributed by atoms with Crippen molar-refractivity contribution in [2.75, 3.05) is 31.1 Å². The second kappa shape index (κ2) is 8.08. The monoisotopic (exact) mass is 393 g/mol. The number of hydrogen-bond donors (Lipinski definition) is 0. The van der Waals surface area contributed by atoms with E-state index in [0.717, 1.165) is 43.1 Å². The van der Waals surface area contributed by atoms with Crippen LogP contribution in [0, 0.1) is 4.77 Å². The van der Waals surface area contributed by atoms with Crippen LogP contribution in [0.25, 0.3) is 5.69 Å². The third-order valence-electron chi connectivity index (χ3n) is 5.11. The van der Waals surface area contributed by atoms with Gasteiger partial charge in [0.25, 0.3) is 0 Å². The lowest BCUT2D eigenvalue weighted by Crippen LogP contribution is -2.47. The van der Waals surface area contributed by atoms with Crippen LogP contribution in [0.15, 0.2) is 60.9 Å². The summed E-state index contributed by atoms with van der Waals surface area (Å²) in [6.07, 6.45) is 1.78. The van der Waals surface area contributed by atoms with E-state index < -0.39 is 0 Å². The molecule has 3 aromatic rings. The van der Waals surface area contributed by atoms with Gasteiger partial charge in [-0.25, -0.2) is 4.68 Å². The quantitative estimate of drug-likeness (QED) is 0.491. The summed E-state index contributed by atoms with van der Waals surface area (Å²) in [5.41, 5.74) is 2.94. The molecular weight excluding hydrogens is 370 g/mol. The van der Waals surface area contributed by atoms with E-state index in [9.17, 15) is 4.79 Å². The zero-order valence-electron chi connectivity index (χ0n) is 15.9. The fourth-order valence-corrected chi connectivity index (χ4v) is 3.70. The first-order valence-electron chi connectivity index (χ1n) is 9.40. The van der Waals surface area contributed by atoms with Gasteiger partial charge in [-0.05, 0) is 55.5 Å². The number of rotatable bonds is 5. The molecule has 144 valence electrons. The number of carbonyl (C=O) groups excluding carboxylic acids is 1.